The van der Waals surface area contributed by atoms with Crippen molar-refractivity contribution in [3.8, 4) is 0 Å². The van der Waals surface area contributed by atoms with Crippen molar-refractivity contribution in [2.24, 2.45) is 0 Å². The van der Waals surface area contributed by atoms with E-state index in [2.05, 4.69) is 20.6 Å². The highest BCUT2D eigenvalue weighted by Crippen LogP contribution is 2.33. The standard InChI is InChI=1S/C23H25F3N4O3S/c1-32-17-8-15(7-16(9-17)30-22(31)33-12-14-5-3-2-4-6-14)29-20-19-10-18(11-23(24,25)26)34-21(19)28-13-27-20/h2-6,10,13,15-17H,7-9,11-12H2,1H3,(H,30,31)(H,27,28,29)/t15-,16+,17-/m0/s1. The summed E-state index contributed by atoms with van der Waals surface area (Å²) in [5.74, 6) is 0.474. The van der Waals surface area contributed by atoms with E-state index in [1.807, 2.05) is 30.3 Å². The number of rotatable bonds is 7. The van der Waals surface area contributed by atoms with Gasteiger partial charge in [-0.25, -0.2) is 14.8 Å². The molecule has 0 bridgehead atoms. The third-order valence-corrected chi connectivity index (χ3v) is 6.67. The van der Waals surface area contributed by atoms with Gasteiger partial charge in [0.1, 0.15) is 23.6 Å². The lowest BCUT2D eigenvalue weighted by atomic mass is 9.88. The second kappa shape index (κ2) is 10.6. The first-order valence-electron chi connectivity index (χ1n) is 10.9. The summed E-state index contributed by atoms with van der Waals surface area (Å²) in [4.78, 5) is 21.4. The Labute approximate surface area is 198 Å². The van der Waals surface area contributed by atoms with Gasteiger partial charge < -0.3 is 20.1 Å². The van der Waals surface area contributed by atoms with Crippen molar-refractivity contribution in [1.82, 2.24) is 15.3 Å². The number of carbonyl (C=O) groups excluding carboxylic acids is 1. The van der Waals surface area contributed by atoms with E-state index in [0.717, 1.165) is 16.9 Å². The van der Waals surface area contributed by atoms with Gasteiger partial charge in [0, 0.05) is 24.1 Å². The number of halogens is 3. The average Bonchev–Trinajstić information content (AvgIpc) is 3.20. The number of benzene rings is 1. The Hall–Kier alpha value is -2.92. The number of hydrogen-bond donors (Lipinski definition) is 2. The number of methoxy groups -OCH3 is 1. The van der Waals surface area contributed by atoms with Gasteiger partial charge in [-0.15, -0.1) is 11.3 Å². The Balaban J connectivity index is 1.40. The first kappa shape index (κ1) is 24.2. The SMILES string of the molecule is CO[C@@H]1C[C@H](NC(=O)OCc2ccccc2)C[C@H](Nc2ncnc3sc(CC(F)(F)F)cc23)C1. The van der Waals surface area contributed by atoms with Crippen LogP contribution in [0.25, 0.3) is 10.2 Å². The molecule has 3 aromatic rings. The Kier molecular flexibility index (Phi) is 7.52. The van der Waals surface area contributed by atoms with Gasteiger partial charge in [0.05, 0.1) is 17.9 Å². The Morgan fingerprint density at radius 1 is 1.15 bits per heavy atom. The van der Waals surface area contributed by atoms with Crippen LogP contribution in [0.3, 0.4) is 0 Å². The fourth-order valence-corrected chi connectivity index (χ4v) is 5.15. The van der Waals surface area contributed by atoms with E-state index in [1.54, 1.807) is 7.11 Å². The Morgan fingerprint density at radius 2 is 1.91 bits per heavy atom. The molecule has 34 heavy (non-hydrogen) atoms. The van der Waals surface area contributed by atoms with Gasteiger partial charge in [-0.05, 0) is 30.9 Å². The van der Waals surface area contributed by atoms with Crippen LogP contribution in [0.2, 0.25) is 0 Å². The molecule has 0 spiro atoms. The number of nitrogens with zero attached hydrogens (tertiary/aromatic N) is 2. The second-order valence-corrected chi connectivity index (χ2v) is 9.37. The minimum absolute atomic E-state index is 0.105. The number of carbonyl (C=O) groups is 1. The van der Waals surface area contributed by atoms with E-state index in [9.17, 15) is 18.0 Å². The summed E-state index contributed by atoms with van der Waals surface area (Å²) in [7, 11) is 1.61. The summed E-state index contributed by atoms with van der Waals surface area (Å²) in [5, 5.41) is 6.78. The summed E-state index contributed by atoms with van der Waals surface area (Å²) in [6.45, 7) is 0.173. The number of alkyl carbamates (subject to hydrolysis) is 1. The van der Waals surface area contributed by atoms with Gasteiger partial charge in [0.2, 0.25) is 0 Å². The molecule has 2 N–H and O–H groups in total. The molecule has 0 unspecified atom stereocenters. The quantitative estimate of drug-likeness (QED) is 0.477. The third-order valence-electron chi connectivity index (χ3n) is 5.63. The van der Waals surface area contributed by atoms with Gasteiger partial charge in [-0.2, -0.15) is 13.2 Å². The van der Waals surface area contributed by atoms with Crippen LogP contribution in [0.15, 0.2) is 42.7 Å². The molecule has 11 heteroatoms. The predicted molar refractivity (Wildman–Crippen MR) is 123 cm³/mol. The van der Waals surface area contributed by atoms with E-state index in [-0.39, 0.29) is 29.7 Å². The maximum atomic E-state index is 12.8. The summed E-state index contributed by atoms with van der Waals surface area (Å²) >= 11 is 1.01. The Bertz CT molecular complexity index is 1110. The molecular weight excluding hydrogens is 469 g/mol. The first-order chi connectivity index (χ1) is 16.3. The number of fused-ring (bicyclic) bond motifs is 1. The molecule has 0 aliphatic heterocycles. The van der Waals surface area contributed by atoms with Gasteiger partial charge >= 0.3 is 12.3 Å². The molecule has 2 aromatic heterocycles. The molecule has 1 amide bonds. The summed E-state index contributed by atoms with van der Waals surface area (Å²) in [6.07, 6.45) is -2.68. The van der Waals surface area contributed by atoms with Crippen molar-refractivity contribution in [3.05, 3.63) is 53.2 Å². The lowest BCUT2D eigenvalue weighted by Gasteiger charge is -2.35. The van der Waals surface area contributed by atoms with E-state index in [1.165, 1.54) is 12.4 Å². The molecule has 1 aliphatic carbocycles. The van der Waals surface area contributed by atoms with Crippen LogP contribution in [0.5, 0.6) is 0 Å². The maximum Gasteiger partial charge on any atom is 0.407 e. The molecule has 7 nitrogen and oxygen atoms in total. The fourth-order valence-electron chi connectivity index (χ4n) is 4.12. The lowest BCUT2D eigenvalue weighted by molar-refractivity contribution is -0.126. The molecule has 1 fully saturated rings. The highest BCUT2D eigenvalue weighted by atomic mass is 32.1. The molecular formula is C23H25F3N4O3S. The monoisotopic (exact) mass is 494 g/mol. The topological polar surface area (TPSA) is 85.4 Å². The van der Waals surface area contributed by atoms with Crippen LogP contribution in [0, 0.1) is 0 Å². The molecule has 182 valence electrons. The number of amides is 1. The molecule has 3 atom stereocenters. The van der Waals surface area contributed by atoms with Gasteiger partial charge in [-0.3, -0.25) is 0 Å². The van der Waals surface area contributed by atoms with E-state index in [4.69, 9.17) is 9.47 Å². The summed E-state index contributed by atoms with van der Waals surface area (Å²) in [5.41, 5.74) is 0.893. The fraction of sp³-hybridized carbons (Fsp3) is 0.435. The van der Waals surface area contributed by atoms with Crippen molar-refractivity contribution >= 4 is 33.5 Å². The first-order valence-corrected chi connectivity index (χ1v) is 11.7. The van der Waals surface area contributed by atoms with Gasteiger partial charge in [0.25, 0.3) is 0 Å². The van der Waals surface area contributed by atoms with Crippen molar-refractivity contribution in [3.63, 3.8) is 0 Å². The minimum Gasteiger partial charge on any atom is -0.445 e. The minimum atomic E-state index is -4.29. The maximum absolute atomic E-state index is 12.8. The largest absolute Gasteiger partial charge is 0.445 e. The van der Waals surface area contributed by atoms with E-state index >= 15 is 0 Å². The number of thiophene rings is 1. The summed E-state index contributed by atoms with van der Waals surface area (Å²) in [6, 6.07) is 10.6. The zero-order valence-corrected chi connectivity index (χ0v) is 19.3. The molecule has 4 rings (SSSR count). The van der Waals surface area contributed by atoms with Crippen LogP contribution in [-0.2, 0) is 22.5 Å². The lowest BCUT2D eigenvalue weighted by Crippen LogP contribution is -2.46. The predicted octanol–water partition coefficient (Wildman–Crippen LogP) is 5.07. The zero-order chi connectivity index (χ0) is 24.1. The third kappa shape index (κ3) is 6.57. The smallest absolute Gasteiger partial charge is 0.407 e. The van der Waals surface area contributed by atoms with E-state index in [0.29, 0.717) is 35.3 Å². The van der Waals surface area contributed by atoms with Crippen LogP contribution in [-0.4, -0.2) is 47.5 Å². The Morgan fingerprint density at radius 3 is 2.65 bits per heavy atom. The number of ether oxygens (including phenoxy) is 2. The molecule has 2 heterocycles. The highest BCUT2D eigenvalue weighted by molar-refractivity contribution is 7.18. The van der Waals surface area contributed by atoms with Crippen LogP contribution >= 0.6 is 11.3 Å². The van der Waals surface area contributed by atoms with Crippen molar-refractivity contribution < 1.29 is 27.4 Å². The highest BCUT2D eigenvalue weighted by Gasteiger charge is 2.32. The zero-order valence-electron chi connectivity index (χ0n) is 18.5. The average molecular weight is 495 g/mol. The number of alkyl halides is 3. The number of nitrogens with one attached hydrogen (secondary N) is 2. The molecule has 0 radical (unpaired) electrons. The molecule has 0 saturated heterocycles. The van der Waals surface area contributed by atoms with Crippen molar-refractivity contribution in [2.75, 3.05) is 12.4 Å². The number of anilines is 1. The molecule has 1 aromatic carbocycles. The van der Waals surface area contributed by atoms with Crippen LogP contribution < -0.4 is 10.6 Å². The summed E-state index contributed by atoms with van der Waals surface area (Å²) < 4.78 is 49.4. The molecule has 1 aliphatic rings. The normalized spacial score (nSPS) is 20.8. The number of hydrogen-bond acceptors (Lipinski definition) is 7. The van der Waals surface area contributed by atoms with Crippen molar-refractivity contribution in [1.29, 1.82) is 0 Å². The van der Waals surface area contributed by atoms with Crippen molar-refractivity contribution in [2.45, 2.75) is 56.7 Å². The van der Waals surface area contributed by atoms with Crippen LogP contribution in [0.4, 0.5) is 23.8 Å². The van der Waals surface area contributed by atoms with Crippen LogP contribution in [0.1, 0.15) is 29.7 Å². The van der Waals surface area contributed by atoms with Gasteiger partial charge in [-0.1, -0.05) is 30.3 Å². The molecule has 1 saturated carbocycles. The second-order valence-electron chi connectivity index (χ2n) is 8.25. The number of aromatic nitrogens is 2. The van der Waals surface area contributed by atoms with E-state index < -0.39 is 18.7 Å². The van der Waals surface area contributed by atoms with Gasteiger partial charge in [0.15, 0.2) is 0 Å².